The molecule has 1 rings (SSSR count). The van der Waals surface area contributed by atoms with E-state index in [-0.39, 0.29) is 5.54 Å². The van der Waals surface area contributed by atoms with Crippen LogP contribution in [0.3, 0.4) is 0 Å². The molecular weight excluding hydrogens is 268 g/mol. The number of aryl methyl sites for hydroxylation is 1. The second-order valence-corrected chi connectivity index (χ2v) is 6.01. The van der Waals surface area contributed by atoms with Crippen LogP contribution >= 0.6 is 0 Å². The van der Waals surface area contributed by atoms with E-state index in [0.717, 1.165) is 12.2 Å². The van der Waals surface area contributed by atoms with Crippen LogP contribution in [0.5, 0.6) is 5.88 Å². The van der Waals surface area contributed by atoms with Crippen LogP contribution in [0.1, 0.15) is 32.0 Å². The summed E-state index contributed by atoms with van der Waals surface area (Å²) in [6.45, 7) is 11.4. The van der Waals surface area contributed by atoms with Gasteiger partial charge in [-0.15, -0.1) is 0 Å². The van der Waals surface area contributed by atoms with E-state index in [1.165, 1.54) is 5.56 Å². The first-order valence-electron chi connectivity index (χ1n) is 7.33. The molecule has 0 unspecified atom stereocenters. The highest BCUT2D eigenvalue weighted by molar-refractivity contribution is 5.24. The molecule has 0 bridgehead atoms. The first kappa shape index (κ1) is 17.9. The van der Waals surface area contributed by atoms with Gasteiger partial charge in [0.2, 0.25) is 5.88 Å². The molecule has 1 heterocycles. The number of ether oxygens (including phenoxy) is 3. The molecule has 0 spiro atoms. The zero-order valence-electron chi connectivity index (χ0n) is 13.9. The molecule has 0 radical (unpaired) electrons. The van der Waals surface area contributed by atoms with Crippen molar-refractivity contribution >= 4 is 0 Å². The smallest absolute Gasteiger partial charge is 0.213 e. The molecule has 1 N–H and O–H groups in total. The zero-order chi connectivity index (χ0) is 15.7. The van der Waals surface area contributed by atoms with Crippen LogP contribution < -0.4 is 10.1 Å². The van der Waals surface area contributed by atoms with Crippen molar-refractivity contribution in [2.75, 3.05) is 33.5 Å². The van der Waals surface area contributed by atoms with Crippen molar-refractivity contribution in [2.24, 2.45) is 0 Å². The Morgan fingerprint density at radius 2 is 1.81 bits per heavy atom. The van der Waals surface area contributed by atoms with Gasteiger partial charge in [-0.3, -0.25) is 0 Å². The Morgan fingerprint density at radius 3 is 2.48 bits per heavy atom. The standard InChI is InChI=1S/C16H28N2O3/c1-13-10-14(12-17-16(2,3)4)11-15(18-13)21-9-8-20-7-6-19-5/h10-11,17H,6-9,12H2,1-5H3. The number of hydrogen-bond donors (Lipinski definition) is 1. The van der Waals surface area contributed by atoms with Crippen LogP contribution in [-0.4, -0.2) is 44.1 Å². The summed E-state index contributed by atoms with van der Waals surface area (Å²) in [4.78, 5) is 4.38. The normalized spacial score (nSPS) is 11.7. The molecule has 0 aliphatic carbocycles. The molecule has 5 nitrogen and oxygen atoms in total. The number of nitrogens with one attached hydrogen (secondary N) is 1. The Labute approximate surface area is 128 Å². The Morgan fingerprint density at radius 1 is 1.10 bits per heavy atom. The van der Waals surface area contributed by atoms with E-state index in [4.69, 9.17) is 14.2 Å². The molecule has 0 amide bonds. The van der Waals surface area contributed by atoms with E-state index in [2.05, 4.69) is 37.1 Å². The number of pyridine rings is 1. The van der Waals surface area contributed by atoms with E-state index in [0.29, 0.717) is 32.3 Å². The van der Waals surface area contributed by atoms with Gasteiger partial charge in [-0.2, -0.15) is 0 Å². The van der Waals surface area contributed by atoms with Gasteiger partial charge in [-0.05, 0) is 39.3 Å². The minimum Gasteiger partial charge on any atom is -0.475 e. The van der Waals surface area contributed by atoms with Gasteiger partial charge in [0, 0.05) is 31.0 Å². The summed E-state index contributed by atoms with van der Waals surface area (Å²) in [6.07, 6.45) is 0. The number of nitrogens with zero attached hydrogens (tertiary/aromatic N) is 1. The lowest BCUT2D eigenvalue weighted by Gasteiger charge is -2.20. The Kier molecular flexibility index (Phi) is 7.64. The molecule has 21 heavy (non-hydrogen) atoms. The molecular formula is C16H28N2O3. The summed E-state index contributed by atoms with van der Waals surface area (Å²) in [6, 6.07) is 4.04. The average molecular weight is 296 g/mol. The fraction of sp³-hybridized carbons (Fsp3) is 0.688. The molecule has 0 atom stereocenters. The van der Waals surface area contributed by atoms with Gasteiger partial charge >= 0.3 is 0 Å². The fourth-order valence-electron chi connectivity index (χ4n) is 1.70. The highest BCUT2D eigenvalue weighted by atomic mass is 16.5. The summed E-state index contributed by atoms with van der Waals surface area (Å²) in [7, 11) is 1.66. The molecule has 5 heteroatoms. The summed E-state index contributed by atoms with van der Waals surface area (Å²) in [5, 5.41) is 3.46. The van der Waals surface area contributed by atoms with Gasteiger partial charge in [0.1, 0.15) is 6.61 Å². The lowest BCUT2D eigenvalue weighted by molar-refractivity contribution is 0.0536. The number of rotatable bonds is 9. The third-order valence-electron chi connectivity index (χ3n) is 2.72. The predicted octanol–water partition coefficient (Wildman–Crippen LogP) is 2.32. The van der Waals surface area contributed by atoms with Crippen molar-refractivity contribution in [3.8, 4) is 5.88 Å². The van der Waals surface area contributed by atoms with E-state index in [1.54, 1.807) is 7.11 Å². The van der Waals surface area contributed by atoms with E-state index >= 15 is 0 Å². The Bertz CT molecular complexity index is 416. The second kappa shape index (κ2) is 8.97. The monoisotopic (exact) mass is 296 g/mol. The molecule has 1 aromatic rings. The van der Waals surface area contributed by atoms with Gasteiger partial charge in [-0.25, -0.2) is 4.98 Å². The quantitative estimate of drug-likeness (QED) is 0.709. The molecule has 0 fully saturated rings. The number of hydrogen-bond acceptors (Lipinski definition) is 5. The van der Waals surface area contributed by atoms with Gasteiger partial charge < -0.3 is 19.5 Å². The minimum atomic E-state index is 0.0907. The maximum absolute atomic E-state index is 5.63. The van der Waals surface area contributed by atoms with Gasteiger partial charge in [0.05, 0.1) is 19.8 Å². The van der Waals surface area contributed by atoms with Crippen LogP contribution in [0.2, 0.25) is 0 Å². The average Bonchev–Trinajstić information content (AvgIpc) is 2.39. The van der Waals surface area contributed by atoms with Gasteiger partial charge in [0.25, 0.3) is 0 Å². The molecule has 0 aliphatic rings. The maximum atomic E-state index is 5.63. The summed E-state index contributed by atoms with van der Waals surface area (Å²) >= 11 is 0. The SMILES string of the molecule is COCCOCCOc1cc(CNC(C)(C)C)cc(C)n1. The third-order valence-corrected chi connectivity index (χ3v) is 2.72. The molecule has 0 aromatic carbocycles. The van der Waals surface area contributed by atoms with Gasteiger partial charge in [0.15, 0.2) is 0 Å². The van der Waals surface area contributed by atoms with Crippen molar-refractivity contribution in [2.45, 2.75) is 39.8 Å². The highest BCUT2D eigenvalue weighted by Crippen LogP contribution is 2.13. The molecule has 120 valence electrons. The molecule has 0 saturated carbocycles. The van der Waals surface area contributed by atoms with Crippen molar-refractivity contribution in [3.05, 3.63) is 23.4 Å². The first-order valence-corrected chi connectivity index (χ1v) is 7.33. The maximum Gasteiger partial charge on any atom is 0.213 e. The van der Waals surface area contributed by atoms with Crippen molar-refractivity contribution in [3.63, 3.8) is 0 Å². The fourth-order valence-corrected chi connectivity index (χ4v) is 1.70. The number of aromatic nitrogens is 1. The van der Waals surface area contributed by atoms with Crippen LogP contribution in [0.15, 0.2) is 12.1 Å². The third kappa shape index (κ3) is 8.65. The van der Waals surface area contributed by atoms with E-state index in [1.807, 2.05) is 13.0 Å². The van der Waals surface area contributed by atoms with Crippen molar-refractivity contribution < 1.29 is 14.2 Å². The lowest BCUT2D eigenvalue weighted by atomic mass is 10.1. The number of methoxy groups -OCH3 is 1. The topological polar surface area (TPSA) is 52.6 Å². The van der Waals surface area contributed by atoms with Crippen LogP contribution in [-0.2, 0) is 16.0 Å². The van der Waals surface area contributed by atoms with Crippen LogP contribution in [0, 0.1) is 6.92 Å². The Balaban J connectivity index is 2.42. The van der Waals surface area contributed by atoms with Gasteiger partial charge in [-0.1, -0.05) is 0 Å². The van der Waals surface area contributed by atoms with Crippen molar-refractivity contribution in [1.29, 1.82) is 0 Å². The minimum absolute atomic E-state index is 0.0907. The zero-order valence-corrected chi connectivity index (χ0v) is 13.9. The Hall–Kier alpha value is -1.17. The predicted molar refractivity (Wildman–Crippen MR) is 83.8 cm³/mol. The van der Waals surface area contributed by atoms with Crippen molar-refractivity contribution in [1.82, 2.24) is 10.3 Å². The summed E-state index contributed by atoms with van der Waals surface area (Å²) in [5.74, 6) is 0.649. The molecule has 0 saturated heterocycles. The lowest BCUT2D eigenvalue weighted by Crippen LogP contribution is -2.35. The van der Waals surface area contributed by atoms with Crippen LogP contribution in [0.4, 0.5) is 0 Å². The summed E-state index contributed by atoms with van der Waals surface area (Å²) < 4.78 is 15.9. The second-order valence-electron chi connectivity index (χ2n) is 6.01. The molecule has 0 aliphatic heterocycles. The van der Waals surface area contributed by atoms with Crippen LogP contribution in [0.25, 0.3) is 0 Å². The highest BCUT2D eigenvalue weighted by Gasteiger charge is 2.09. The summed E-state index contributed by atoms with van der Waals surface area (Å²) in [5.41, 5.74) is 2.22. The van der Waals surface area contributed by atoms with E-state index in [9.17, 15) is 0 Å². The first-order chi connectivity index (χ1) is 9.90. The largest absolute Gasteiger partial charge is 0.475 e. The van der Waals surface area contributed by atoms with E-state index < -0.39 is 0 Å². The molecule has 1 aromatic heterocycles.